The molecule has 0 aliphatic carbocycles. The number of carbonyl (C=O) groups excluding carboxylic acids is 1. The summed E-state index contributed by atoms with van der Waals surface area (Å²) in [5.41, 5.74) is 0.171. The lowest BCUT2D eigenvalue weighted by atomic mass is 10.1. The van der Waals surface area contributed by atoms with Gasteiger partial charge in [-0.3, -0.25) is 4.79 Å². The average molecular weight is 339 g/mol. The number of anilines is 1. The summed E-state index contributed by atoms with van der Waals surface area (Å²) in [6.45, 7) is 0.473. The highest BCUT2D eigenvalue weighted by molar-refractivity contribution is 9.10. The summed E-state index contributed by atoms with van der Waals surface area (Å²) in [7, 11) is 0. The van der Waals surface area contributed by atoms with Gasteiger partial charge in [0.1, 0.15) is 5.82 Å². The molecule has 6 heteroatoms. The zero-order valence-electron chi connectivity index (χ0n) is 8.79. The first-order valence-electron chi connectivity index (χ1n) is 5.08. The Labute approximate surface area is 118 Å². The van der Waals surface area contributed by atoms with Gasteiger partial charge in [-0.15, -0.1) is 0 Å². The summed E-state index contributed by atoms with van der Waals surface area (Å²) in [5, 5.41) is 0.241. The van der Waals surface area contributed by atoms with Gasteiger partial charge in [0, 0.05) is 17.4 Å². The van der Waals surface area contributed by atoms with Gasteiger partial charge >= 0.3 is 0 Å². The molecule has 1 aliphatic rings. The van der Waals surface area contributed by atoms with Gasteiger partial charge in [-0.25, -0.2) is 4.39 Å². The highest BCUT2D eigenvalue weighted by Crippen LogP contribution is 2.35. The fraction of sp³-hybridized carbons (Fsp3) is 0.364. The largest absolute Gasteiger partial charge is 0.308 e. The molecule has 1 unspecified atom stereocenters. The van der Waals surface area contributed by atoms with Crippen LogP contribution in [0.4, 0.5) is 10.1 Å². The first-order valence-corrected chi connectivity index (χ1v) is 6.89. The van der Waals surface area contributed by atoms with Crippen molar-refractivity contribution in [2.24, 2.45) is 5.92 Å². The number of rotatable bonds is 2. The van der Waals surface area contributed by atoms with Crippen LogP contribution >= 0.6 is 40.2 Å². The third kappa shape index (κ3) is 2.61. The summed E-state index contributed by atoms with van der Waals surface area (Å²) in [4.78, 5) is 13.2. The lowest BCUT2D eigenvalue weighted by Gasteiger charge is -2.19. The van der Waals surface area contributed by atoms with E-state index < -0.39 is 5.82 Å². The number of hydrogen-bond donors (Lipinski definition) is 1. The van der Waals surface area contributed by atoms with Crippen LogP contribution in [0, 0.1) is 11.7 Å². The minimum atomic E-state index is -0.488. The van der Waals surface area contributed by atoms with Crippen molar-refractivity contribution in [3.8, 4) is 0 Å². The van der Waals surface area contributed by atoms with Gasteiger partial charge in [0.05, 0.1) is 10.7 Å². The van der Waals surface area contributed by atoms with Crippen molar-refractivity contribution in [3.63, 3.8) is 0 Å². The number of benzene rings is 1. The topological polar surface area (TPSA) is 20.3 Å². The van der Waals surface area contributed by atoms with E-state index >= 15 is 0 Å². The molecule has 0 spiro atoms. The predicted molar refractivity (Wildman–Crippen MR) is 73.4 cm³/mol. The molecule has 17 heavy (non-hydrogen) atoms. The van der Waals surface area contributed by atoms with Crippen LogP contribution in [-0.4, -0.2) is 18.2 Å². The van der Waals surface area contributed by atoms with Gasteiger partial charge in [-0.1, -0.05) is 27.5 Å². The zero-order chi connectivity index (χ0) is 12.6. The van der Waals surface area contributed by atoms with Gasteiger partial charge in [0.25, 0.3) is 0 Å². The average Bonchev–Trinajstić information content (AvgIpc) is 2.59. The van der Waals surface area contributed by atoms with Crippen molar-refractivity contribution in [2.45, 2.75) is 6.42 Å². The Bertz CT molecular complexity index is 448. The van der Waals surface area contributed by atoms with Gasteiger partial charge < -0.3 is 4.90 Å². The summed E-state index contributed by atoms with van der Waals surface area (Å²) >= 11 is 13.3. The molecule has 0 N–H and O–H groups in total. The van der Waals surface area contributed by atoms with E-state index in [4.69, 9.17) is 11.6 Å². The molecule has 1 aromatic rings. The van der Waals surface area contributed by atoms with E-state index in [1.165, 1.54) is 11.0 Å². The minimum absolute atomic E-state index is 0.104. The SMILES string of the molecule is O=C1CC(CS)CN1c1c(F)cc(Br)cc1Cl. The van der Waals surface area contributed by atoms with Crippen molar-refractivity contribution in [1.82, 2.24) is 0 Å². The van der Waals surface area contributed by atoms with Gasteiger partial charge in [-0.2, -0.15) is 12.6 Å². The maximum Gasteiger partial charge on any atom is 0.227 e. The summed E-state index contributed by atoms with van der Waals surface area (Å²) < 4.78 is 14.4. The molecule has 1 fully saturated rings. The molecule has 1 aliphatic heterocycles. The first-order chi connectivity index (χ1) is 8.02. The summed E-state index contributed by atoms with van der Waals surface area (Å²) in [6, 6.07) is 2.89. The highest BCUT2D eigenvalue weighted by Gasteiger charge is 2.32. The molecule has 0 saturated carbocycles. The Morgan fingerprint density at radius 1 is 1.59 bits per heavy atom. The zero-order valence-corrected chi connectivity index (χ0v) is 12.0. The van der Waals surface area contributed by atoms with Crippen LogP contribution in [0.15, 0.2) is 16.6 Å². The monoisotopic (exact) mass is 337 g/mol. The molecular weight excluding hydrogens is 329 g/mol. The van der Waals surface area contributed by atoms with Crippen LogP contribution in [0.25, 0.3) is 0 Å². The maximum atomic E-state index is 13.8. The number of hydrogen-bond acceptors (Lipinski definition) is 2. The van der Waals surface area contributed by atoms with Gasteiger partial charge in [0.15, 0.2) is 0 Å². The van der Waals surface area contributed by atoms with Crippen LogP contribution in [0.2, 0.25) is 5.02 Å². The lowest BCUT2D eigenvalue weighted by Crippen LogP contribution is -2.26. The van der Waals surface area contributed by atoms with Crippen LogP contribution < -0.4 is 4.90 Å². The van der Waals surface area contributed by atoms with Crippen molar-refractivity contribution in [1.29, 1.82) is 0 Å². The standard InChI is InChI=1S/C11H10BrClFNOS/c12-7-2-8(13)11(9(14)3-7)15-4-6(5-17)1-10(15)16/h2-3,6,17H,1,4-5H2. The molecular formula is C11H10BrClFNOS. The Balaban J connectivity index is 2.38. The number of thiol groups is 1. The van der Waals surface area contributed by atoms with Crippen LogP contribution in [0.5, 0.6) is 0 Å². The number of halogens is 3. The third-order valence-corrected chi connectivity index (χ3v) is 3.98. The molecule has 0 aromatic heterocycles. The second-order valence-corrected chi connectivity index (χ2v) is 5.66. The molecule has 1 heterocycles. The van der Waals surface area contributed by atoms with E-state index in [-0.39, 0.29) is 22.5 Å². The van der Waals surface area contributed by atoms with Crippen molar-refractivity contribution in [2.75, 3.05) is 17.2 Å². The van der Waals surface area contributed by atoms with Gasteiger partial charge in [0.2, 0.25) is 5.91 Å². The molecule has 2 rings (SSSR count). The molecule has 0 radical (unpaired) electrons. The molecule has 1 saturated heterocycles. The fourth-order valence-corrected chi connectivity index (χ4v) is 3.03. The Morgan fingerprint density at radius 3 is 2.82 bits per heavy atom. The predicted octanol–water partition coefficient (Wildman–Crippen LogP) is 3.52. The number of nitrogens with zero attached hydrogens (tertiary/aromatic N) is 1. The van der Waals surface area contributed by atoms with Gasteiger partial charge in [-0.05, 0) is 23.8 Å². The van der Waals surface area contributed by atoms with Crippen LogP contribution in [-0.2, 0) is 4.79 Å². The molecule has 0 bridgehead atoms. The Kier molecular flexibility index (Phi) is 4.00. The molecule has 92 valence electrons. The summed E-state index contributed by atoms with van der Waals surface area (Å²) in [5.74, 6) is 0.174. The van der Waals surface area contributed by atoms with Crippen LogP contribution in [0.3, 0.4) is 0 Å². The number of amides is 1. The lowest BCUT2D eigenvalue weighted by molar-refractivity contribution is -0.117. The van der Waals surface area contributed by atoms with E-state index in [0.29, 0.717) is 23.2 Å². The minimum Gasteiger partial charge on any atom is -0.308 e. The molecule has 1 atom stereocenters. The van der Waals surface area contributed by atoms with E-state index in [1.807, 2.05) is 0 Å². The second kappa shape index (κ2) is 5.16. The first kappa shape index (κ1) is 13.2. The van der Waals surface area contributed by atoms with E-state index in [2.05, 4.69) is 28.6 Å². The second-order valence-electron chi connectivity index (χ2n) is 3.98. The van der Waals surface area contributed by atoms with Crippen LogP contribution in [0.1, 0.15) is 6.42 Å². The Hall–Kier alpha value is -0.260. The van der Waals surface area contributed by atoms with E-state index in [0.717, 1.165) is 0 Å². The normalized spacial score (nSPS) is 20.1. The maximum absolute atomic E-state index is 13.8. The third-order valence-electron chi connectivity index (χ3n) is 2.71. The van der Waals surface area contributed by atoms with Crippen molar-refractivity contribution < 1.29 is 9.18 Å². The van der Waals surface area contributed by atoms with E-state index in [1.54, 1.807) is 6.07 Å². The van der Waals surface area contributed by atoms with Crippen molar-refractivity contribution >= 4 is 51.8 Å². The van der Waals surface area contributed by atoms with Crippen molar-refractivity contribution in [3.05, 3.63) is 27.4 Å². The molecule has 1 aromatic carbocycles. The number of carbonyl (C=O) groups is 1. The highest BCUT2D eigenvalue weighted by atomic mass is 79.9. The molecule has 2 nitrogen and oxygen atoms in total. The Morgan fingerprint density at radius 2 is 2.29 bits per heavy atom. The summed E-state index contributed by atoms with van der Waals surface area (Å²) in [6.07, 6.45) is 0.398. The molecule has 1 amide bonds. The smallest absolute Gasteiger partial charge is 0.227 e. The fourth-order valence-electron chi connectivity index (χ4n) is 1.91. The quantitative estimate of drug-likeness (QED) is 0.818. The van der Waals surface area contributed by atoms with E-state index in [9.17, 15) is 9.18 Å².